The second-order valence-electron chi connectivity index (χ2n) is 6.83. The molecule has 27 heavy (non-hydrogen) atoms. The van der Waals surface area contributed by atoms with Gasteiger partial charge in [-0.05, 0) is 30.2 Å². The van der Waals surface area contributed by atoms with E-state index in [0.29, 0.717) is 11.3 Å². The van der Waals surface area contributed by atoms with E-state index in [-0.39, 0.29) is 5.91 Å². The van der Waals surface area contributed by atoms with Gasteiger partial charge in [-0.15, -0.1) is 0 Å². The summed E-state index contributed by atoms with van der Waals surface area (Å²) in [4.78, 5) is 36.2. The standard InChI is InChI=1S/C20H22N4O3/c1-12(16(21)13-7-4-3-5-8-13)17(25)22-15-10-6-9-14(11-15)20(2)18(26)23-19(27)24-20/h3-12,16H,21H2,1-2H3,(H,22,25)(H2,23,24,26,27). The number of nitrogens with one attached hydrogen (secondary N) is 3. The van der Waals surface area contributed by atoms with E-state index >= 15 is 0 Å². The lowest BCUT2D eigenvalue weighted by Gasteiger charge is -2.23. The molecule has 3 unspecified atom stereocenters. The molecule has 0 saturated carbocycles. The number of carbonyl (C=O) groups excluding carboxylic acids is 3. The summed E-state index contributed by atoms with van der Waals surface area (Å²) < 4.78 is 0. The van der Waals surface area contributed by atoms with Crippen LogP contribution in [-0.4, -0.2) is 17.8 Å². The van der Waals surface area contributed by atoms with Gasteiger partial charge in [0, 0.05) is 11.7 Å². The molecular weight excluding hydrogens is 344 g/mol. The summed E-state index contributed by atoms with van der Waals surface area (Å²) in [6.07, 6.45) is 0. The molecule has 7 heteroatoms. The summed E-state index contributed by atoms with van der Waals surface area (Å²) in [6, 6.07) is 15.3. The highest BCUT2D eigenvalue weighted by atomic mass is 16.2. The number of urea groups is 1. The molecular formula is C20H22N4O3. The number of amides is 4. The predicted octanol–water partition coefficient (Wildman–Crippen LogP) is 2.02. The molecule has 0 spiro atoms. The molecule has 1 heterocycles. The van der Waals surface area contributed by atoms with Crippen molar-refractivity contribution in [3.8, 4) is 0 Å². The van der Waals surface area contributed by atoms with Gasteiger partial charge >= 0.3 is 6.03 Å². The summed E-state index contributed by atoms with van der Waals surface area (Å²) in [7, 11) is 0. The minimum absolute atomic E-state index is 0.228. The Morgan fingerprint density at radius 1 is 1.11 bits per heavy atom. The van der Waals surface area contributed by atoms with Crippen molar-refractivity contribution in [3.63, 3.8) is 0 Å². The van der Waals surface area contributed by atoms with Gasteiger partial charge in [0.2, 0.25) is 5.91 Å². The zero-order chi connectivity index (χ0) is 19.6. The number of benzene rings is 2. The van der Waals surface area contributed by atoms with Crippen LogP contribution in [0, 0.1) is 5.92 Å². The molecule has 2 aromatic rings. The minimum atomic E-state index is -1.18. The topological polar surface area (TPSA) is 113 Å². The fraction of sp³-hybridized carbons (Fsp3) is 0.250. The fourth-order valence-electron chi connectivity index (χ4n) is 3.04. The highest BCUT2D eigenvalue weighted by Gasteiger charge is 2.43. The van der Waals surface area contributed by atoms with Gasteiger partial charge in [0.15, 0.2) is 0 Å². The first-order chi connectivity index (χ1) is 12.8. The Morgan fingerprint density at radius 2 is 1.81 bits per heavy atom. The molecule has 0 aliphatic carbocycles. The number of nitrogens with two attached hydrogens (primary N) is 1. The molecule has 0 bridgehead atoms. The third kappa shape index (κ3) is 3.68. The first-order valence-electron chi connectivity index (χ1n) is 8.67. The Hall–Kier alpha value is -3.19. The Morgan fingerprint density at radius 3 is 2.44 bits per heavy atom. The van der Waals surface area contributed by atoms with Gasteiger partial charge in [0.05, 0.1) is 5.92 Å². The third-order valence-electron chi connectivity index (χ3n) is 4.89. The molecule has 140 valence electrons. The van der Waals surface area contributed by atoms with Gasteiger partial charge in [-0.2, -0.15) is 0 Å². The maximum Gasteiger partial charge on any atom is 0.322 e. The van der Waals surface area contributed by atoms with Crippen LogP contribution in [-0.2, 0) is 15.1 Å². The number of rotatable bonds is 5. The summed E-state index contributed by atoms with van der Waals surface area (Å²) >= 11 is 0. The number of hydrogen-bond acceptors (Lipinski definition) is 4. The molecule has 2 aromatic carbocycles. The van der Waals surface area contributed by atoms with Crippen LogP contribution in [0.25, 0.3) is 0 Å². The van der Waals surface area contributed by atoms with Crippen LogP contribution in [0.5, 0.6) is 0 Å². The third-order valence-corrected chi connectivity index (χ3v) is 4.89. The van der Waals surface area contributed by atoms with Gasteiger partial charge < -0.3 is 16.4 Å². The molecule has 4 amide bonds. The zero-order valence-corrected chi connectivity index (χ0v) is 15.2. The molecule has 5 N–H and O–H groups in total. The summed E-state index contributed by atoms with van der Waals surface area (Å²) in [6.45, 7) is 3.38. The first kappa shape index (κ1) is 18.6. The Kier molecular flexibility index (Phi) is 4.96. The fourth-order valence-corrected chi connectivity index (χ4v) is 3.04. The largest absolute Gasteiger partial charge is 0.326 e. The van der Waals surface area contributed by atoms with Crippen molar-refractivity contribution >= 4 is 23.5 Å². The van der Waals surface area contributed by atoms with Crippen LogP contribution in [0.3, 0.4) is 0 Å². The van der Waals surface area contributed by atoms with E-state index < -0.39 is 29.4 Å². The Bertz CT molecular complexity index is 884. The van der Waals surface area contributed by atoms with E-state index in [1.807, 2.05) is 30.3 Å². The number of hydrogen-bond donors (Lipinski definition) is 4. The van der Waals surface area contributed by atoms with Gasteiger partial charge in [-0.1, -0.05) is 49.4 Å². The van der Waals surface area contributed by atoms with E-state index in [0.717, 1.165) is 5.56 Å². The van der Waals surface area contributed by atoms with E-state index in [2.05, 4.69) is 16.0 Å². The number of imide groups is 1. The molecule has 1 aliphatic heterocycles. The molecule has 0 aromatic heterocycles. The van der Waals surface area contributed by atoms with Gasteiger partial charge in [-0.3, -0.25) is 14.9 Å². The molecule has 1 fully saturated rings. The van der Waals surface area contributed by atoms with Gasteiger partial charge in [0.25, 0.3) is 5.91 Å². The summed E-state index contributed by atoms with van der Waals surface area (Å²) in [5, 5.41) is 7.67. The zero-order valence-electron chi connectivity index (χ0n) is 15.2. The second kappa shape index (κ2) is 7.20. The van der Waals surface area contributed by atoms with E-state index in [1.165, 1.54) is 0 Å². The predicted molar refractivity (Wildman–Crippen MR) is 102 cm³/mol. The van der Waals surface area contributed by atoms with Crippen LogP contribution >= 0.6 is 0 Å². The summed E-state index contributed by atoms with van der Waals surface area (Å²) in [5.74, 6) is -1.12. The highest BCUT2D eigenvalue weighted by molar-refractivity contribution is 6.07. The second-order valence-corrected chi connectivity index (χ2v) is 6.83. The quantitative estimate of drug-likeness (QED) is 0.606. The lowest BCUT2D eigenvalue weighted by molar-refractivity contribution is -0.123. The Labute approximate surface area is 157 Å². The lowest BCUT2D eigenvalue weighted by atomic mass is 9.91. The average molecular weight is 366 g/mol. The van der Waals surface area contributed by atoms with Crippen molar-refractivity contribution in [1.29, 1.82) is 0 Å². The Balaban J connectivity index is 1.75. The van der Waals surface area contributed by atoms with Crippen LogP contribution in [0.4, 0.5) is 10.5 Å². The maximum absolute atomic E-state index is 12.6. The van der Waals surface area contributed by atoms with Crippen LogP contribution in [0.2, 0.25) is 0 Å². The smallest absolute Gasteiger partial charge is 0.322 e. The van der Waals surface area contributed by atoms with Crippen LogP contribution in [0.1, 0.15) is 31.0 Å². The maximum atomic E-state index is 12.6. The number of anilines is 1. The van der Waals surface area contributed by atoms with Crippen LogP contribution in [0.15, 0.2) is 54.6 Å². The summed E-state index contributed by atoms with van der Waals surface area (Å²) in [5.41, 5.74) is 7.02. The lowest BCUT2D eigenvalue weighted by Crippen LogP contribution is -2.40. The molecule has 3 atom stereocenters. The molecule has 7 nitrogen and oxygen atoms in total. The van der Waals surface area contributed by atoms with Crippen molar-refractivity contribution in [2.45, 2.75) is 25.4 Å². The van der Waals surface area contributed by atoms with Crippen LogP contribution < -0.4 is 21.7 Å². The average Bonchev–Trinajstić information content (AvgIpc) is 2.94. The molecule has 1 saturated heterocycles. The molecule has 0 radical (unpaired) electrons. The normalized spacial score (nSPS) is 21.1. The SMILES string of the molecule is CC(C(=O)Nc1cccc(C2(C)NC(=O)NC2=O)c1)C(N)c1ccccc1. The van der Waals surface area contributed by atoms with Crippen molar-refractivity contribution < 1.29 is 14.4 Å². The van der Waals surface area contributed by atoms with E-state index in [9.17, 15) is 14.4 Å². The van der Waals surface area contributed by atoms with Crippen molar-refractivity contribution in [1.82, 2.24) is 10.6 Å². The van der Waals surface area contributed by atoms with E-state index in [4.69, 9.17) is 5.73 Å². The van der Waals surface area contributed by atoms with Crippen molar-refractivity contribution in [3.05, 3.63) is 65.7 Å². The minimum Gasteiger partial charge on any atom is -0.326 e. The van der Waals surface area contributed by atoms with Crippen molar-refractivity contribution in [2.75, 3.05) is 5.32 Å². The van der Waals surface area contributed by atoms with Crippen molar-refractivity contribution in [2.24, 2.45) is 11.7 Å². The van der Waals surface area contributed by atoms with Gasteiger partial charge in [0.1, 0.15) is 5.54 Å². The first-order valence-corrected chi connectivity index (χ1v) is 8.67. The molecule has 3 rings (SSSR count). The monoisotopic (exact) mass is 366 g/mol. The molecule has 1 aliphatic rings. The highest BCUT2D eigenvalue weighted by Crippen LogP contribution is 2.27. The van der Waals surface area contributed by atoms with E-state index in [1.54, 1.807) is 38.1 Å². The van der Waals surface area contributed by atoms with Gasteiger partial charge in [-0.25, -0.2) is 4.79 Å². The number of carbonyl (C=O) groups is 3.